The lowest BCUT2D eigenvalue weighted by Gasteiger charge is -2.36. The number of benzene rings is 2. The van der Waals surface area contributed by atoms with Gasteiger partial charge < -0.3 is 10.2 Å². The highest BCUT2D eigenvalue weighted by Gasteiger charge is 2.33. The first-order chi connectivity index (χ1) is 16.0. The Morgan fingerprint density at radius 3 is 2.58 bits per heavy atom. The average Bonchev–Trinajstić information content (AvgIpc) is 3.33. The molecule has 2 heterocycles. The molecule has 7 heteroatoms. The van der Waals surface area contributed by atoms with Crippen molar-refractivity contribution in [3.8, 4) is 0 Å². The van der Waals surface area contributed by atoms with Gasteiger partial charge in [-0.1, -0.05) is 42.5 Å². The van der Waals surface area contributed by atoms with Crippen LogP contribution in [0.3, 0.4) is 0 Å². The molecule has 3 aromatic rings. The Labute approximate surface area is 197 Å². The van der Waals surface area contributed by atoms with Gasteiger partial charge >= 0.3 is 0 Å². The lowest BCUT2D eigenvalue weighted by Crippen LogP contribution is -2.53. The van der Waals surface area contributed by atoms with Gasteiger partial charge in [0.2, 0.25) is 11.8 Å². The van der Waals surface area contributed by atoms with Crippen molar-refractivity contribution >= 4 is 23.2 Å². The summed E-state index contributed by atoms with van der Waals surface area (Å²) in [5, 5.41) is 5.02. The Morgan fingerprint density at radius 2 is 1.85 bits per heavy atom. The zero-order chi connectivity index (χ0) is 23.2. The molecule has 1 unspecified atom stereocenters. The van der Waals surface area contributed by atoms with Gasteiger partial charge in [-0.25, -0.2) is 4.39 Å². The second kappa shape index (κ2) is 10.7. The number of rotatable bonds is 8. The third-order valence-electron chi connectivity index (χ3n) is 6.01. The van der Waals surface area contributed by atoms with Crippen molar-refractivity contribution in [2.24, 2.45) is 0 Å². The lowest BCUT2D eigenvalue weighted by atomic mass is 9.93. The van der Waals surface area contributed by atoms with E-state index in [1.54, 1.807) is 35.4 Å². The maximum absolute atomic E-state index is 13.1. The smallest absolute Gasteiger partial charge is 0.237 e. The van der Waals surface area contributed by atoms with Gasteiger partial charge in [0.15, 0.2) is 0 Å². The summed E-state index contributed by atoms with van der Waals surface area (Å²) in [5.74, 6) is -0.361. The predicted molar refractivity (Wildman–Crippen MR) is 128 cm³/mol. The summed E-state index contributed by atoms with van der Waals surface area (Å²) in [6.07, 6.45) is 1.19. The molecule has 1 aromatic heterocycles. The van der Waals surface area contributed by atoms with Crippen LogP contribution in [0.4, 0.5) is 4.39 Å². The highest BCUT2D eigenvalue weighted by atomic mass is 32.1. The summed E-state index contributed by atoms with van der Waals surface area (Å²) < 4.78 is 13.1. The highest BCUT2D eigenvalue weighted by molar-refractivity contribution is 7.09. The summed E-state index contributed by atoms with van der Waals surface area (Å²) in [4.78, 5) is 30.9. The number of thiophene rings is 1. The molecular weight excluding hydrogens is 437 g/mol. The molecule has 4 rings (SSSR count). The number of fused-ring (bicyclic) bond motifs is 1. The number of halogens is 1. The van der Waals surface area contributed by atoms with Crippen LogP contribution in [-0.2, 0) is 35.5 Å². The Bertz CT molecular complexity index is 1090. The number of amides is 2. The molecule has 1 N–H and O–H groups in total. The van der Waals surface area contributed by atoms with E-state index in [0.717, 1.165) is 21.6 Å². The molecule has 33 heavy (non-hydrogen) atoms. The van der Waals surface area contributed by atoms with Crippen molar-refractivity contribution in [3.05, 3.63) is 93.4 Å². The summed E-state index contributed by atoms with van der Waals surface area (Å²) in [6, 6.07) is 18.0. The van der Waals surface area contributed by atoms with Crippen LogP contribution < -0.4 is 5.32 Å². The maximum atomic E-state index is 13.1. The molecule has 0 aliphatic carbocycles. The number of carbonyl (C=O) groups is 2. The van der Waals surface area contributed by atoms with E-state index in [9.17, 15) is 14.0 Å². The number of hydrogen-bond donors (Lipinski definition) is 1. The summed E-state index contributed by atoms with van der Waals surface area (Å²) in [7, 11) is 1.80. The number of carbonyl (C=O) groups excluding carboxylic acids is 2. The maximum Gasteiger partial charge on any atom is 0.237 e. The molecule has 1 aliphatic rings. The Kier molecular flexibility index (Phi) is 7.52. The zero-order valence-corrected chi connectivity index (χ0v) is 19.5. The van der Waals surface area contributed by atoms with Gasteiger partial charge in [-0.2, -0.15) is 0 Å². The molecule has 0 saturated carbocycles. The average molecular weight is 466 g/mol. The minimum absolute atomic E-state index is 0.00751. The van der Waals surface area contributed by atoms with Gasteiger partial charge in [0.25, 0.3) is 0 Å². The first kappa shape index (κ1) is 23.1. The number of hydrogen-bond acceptors (Lipinski definition) is 4. The fraction of sp³-hybridized carbons (Fsp3) is 0.308. The first-order valence-electron chi connectivity index (χ1n) is 11.1. The topological polar surface area (TPSA) is 52.7 Å². The third kappa shape index (κ3) is 6.06. The van der Waals surface area contributed by atoms with Crippen LogP contribution in [0.2, 0.25) is 0 Å². The Hall–Kier alpha value is -3.03. The number of nitrogens with zero attached hydrogens (tertiary/aromatic N) is 2. The Balaban J connectivity index is 1.40. The van der Waals surface area contributed by atoms with Gasteiger partial charge in [-0.15, -0.1) is 11.3 Å². The fourth-order valence-corrected chi connectivity index (χ4v) is 4.88. The van der Waals surface area contributed by atoms with Crippen LogP contribution in [0.1, 0.15) is 21.6 Å². The summed E-state index contributed by atoms with van der Waals surface area (Å²) >= 11 is 1.63. The molecule has 0 bridgehead atoms. The van der Waals surface area contributed by atoms with Gasteiger partial charge in [0.1, 0.15) is 5.82 Å². The molecule has 1 aliphatic heterocycles. The van der Waals surface area contributed by atoms with Crippen LogP contribution in [0, 0.1) is 5.82 Å². The van der Waals surface area contributed by atoms with E-state index in [1.165, 1.54) is 12.1 Å². The van der Waals surface area contributed by atoms with Gasteiger partial charge in [-0.3, -0.25) is 14.5 Å². The van der Waals surface area contributed by atoms with Crippen LogP contribution in [0.15, 0.2) is 66.0 Å². The second-order valence-corrected chi connectivity index (χ2v) is 9.42. The molecule has 0 spiro atoms. The highest BCUT2D eigenvalue weighted by Crippen LogP contribution is 2.24. The van der Waals surface area contributed by atoms with E-state index in [0.29, 0.717) is 32.5 Å². The summed E-state index contributed by atoms with van der Waals surface area (Å²) in [5.41, 5.74) is 3.27. The van der Waals surface area contributed by atoms with Gasteiger partial charge in [0, 0.05) is 25.0 Å². The summed E-state index contributed by atoms with van der Waals surface area (Å²) in [6.45, 7) is 1.77. The van der Waals surface area contributed by atoms with Gasteiger partial charge in [0.05, 0.1) is 19.1 Å². The van der Waals surface area contributed by atoms with E-state index < -0.39 is 6.04 Å². The van der Waals surface area contributed by atoms with E-state index in [1.807, 2.05) is 34.5 Å². The molecule has 1 atom stereocenters. The molecule has 5 nitrogen and oxygen atoms in total. The minimum atomic E-state index is -0.410. The zero-order valence-electron chi connectivity index (χ0n) is 18.7. The van der Waals surface area contributed by atoms with Crippen molar-refractivity contribution in [3.63, 3.8) is 0 Å². The normalized spacial score (nSPS) is 15.6. The van der Waals surface area contributed by atoms with E-state index >= 15 is 0 Å². The molecular formula is C26H28FN3O2S. The quantitative estimate of drug-likeness (QED) is 0.553. The monoisotopic (exact) mass is 465 g/mol. The molecule has 0 saturated heterocycles. The van der Waals surface area contributed by atoms with Crippen LogP contribution in [0.25, 0.3) is 0 Å². The van der Waals surface area contributed by atoms with Crippen LogP contribution in [0.5, 0.6) is 0 Å². The molecule has 2 aromatic carbocycles. The standard InChI is InChI=1S/C26H28FN3O2S/c1-29(17-23-7-4-14-33-23)25(31)18-30-16-21-6-3-2-5-20(21)15-24(30)26(32)28-13-12-19-8-10-22(27)11-9-19/h2-11,14,24H,12-13,15-18H2,1H3,(H,28,32). The van der Waals surface area contributed by atoms with E-state index in [-0.39, 0.29) is 24.2 Å². The number of likely N-dealkylation sites (N-methyl/N-ethyl adjacent to an activating group) is 1. The second-order valence-electron chi connectivity index (χ2n) is 8.39. The first-order valence-corrected chi connectivity index (χ1v) is 12.0. The third-order valence-corrected chi connectivity index (χ3v) is 6.87. The van der Waals surface area contributed by atoms with Crippen molar-refractivity contribution < 1.29 is 14.0 Å². The van der Waals surface area contributed by atoms with Gasteiger partial charge in [-0.05, 0) is 53.1 Å². The molecule has 0 fully saturated rings. The number of nitrogens with one attached hydrogen (secondary N) is 1. The van der Waals surface area contributed by atoms with Crippen LogP contribution >= 0.6 is 11.3 Å². The van der Waals surface area contributed by atoms with E-state index in [4.69, 9.17) is 0 Å². The molecule has 2 amide bonds. The molecule has 172 valence electrons. The van der Waals surface area contributed by atoms with Crippen molar-refractivity contribution in [2.45, 2.75) is 32.0 Å². The Morgan fingerprint density at radius 1 is 1.09 bits per heavy atom. The SMILES string of the molecule is CN(Cc1cccs1)C(=O)CN1Cc2ccccc2CC1C(=O)NCCc1ccc(F)cc1. The predicted octanol–water partition coefficient (Wildman–Crippen LogP) is 3.63. The van der Waals surface area contributed by atoms with Crippen molar-refractivity contribution in [1.29, 1.82) is 0 Å². The minimum Gasteiger partial charge on any atom is -0.354 e. The van der Waals surface area contributed by atoms with Crippen molar-refractivity contribution in [1.82, 2.24) is 15.1 Å². The largest absolute Gasteiger partial charge is 0.354 e. The fourth-order valence-electron chi connectivity index (χ4n) is 4.12. The van der Waals surface area contributed by atoms with Crippen LogP contribution in [-0.4, -0.2) is 47.8 Å². The van der Waals surface area contributed by atoms with E-state index in [2.05, 4.69) is 17.4 Å². The lowest BCUT2D eigenvalue weighted by molar-refractivity contribution is -0.135. The molecule has 0 radical (unpaired) electrons. The van der Waals surface area contributed by atoms with Crippen molar-refractivity contribution in [2.75, 3.05) is 20.1 Å².